The average Bonchev–Trinajstić information content (AvgIpc) is 2.71. The summed E-state index contributed by atoms with van der Waals surface area (Å²) >= 11 is 0. The average molecular weight is 211 g/mol. The molecule has 3 aliphatic rings. The van der Waals surface area contributed by atoms with Crippen molar-refractivity contribution in [2.45, 2.75) is 63.5 Å². The lowest BCUT2D eigenvalue weighted by atomic mass is 10.0. The molecule has 0 N–H and O–H groups in total. The third-order valence-electron chi connectivity index (χ3n) is 3.40. The van der Waals surface area contributed by atoms with E-state index in [2.05, 4.69) is 0 Å². The van der Waals surface area contributed by atoms with E-state index in [0.29, 0.717) is 12.2 Å². The number of morpholine rings is 1. The zero-order chi connectivity index (χ0) is 10.8. The molecule has 0 aromatic rings. The third-order valence-corrected chi connectivity index (χ3v) is 3.40. The molecule has 0 radical (unpaired) electrons. The Kier molecular flexibility index (Phi) is 1.68. The molecule has 84 valence electrons. The maximum absolute atomic E-state index is 11.9. The van der Waals surface area contributed by atoms with Crippen LogP contribution in [0.15, 0.2) is 0 Å². The van der Waals surface area contributed by atoms with Crippen molar-refractivity contribution in [3.8, 4) is 0 Å². The Morgan fingerprint density at radius 2 is 1.80 bits per heavy atom. The molecule has 0 spiro atoms. The highest BCUT2D eigenvalue weighted by atomic mass is 16.6. The van der Waals surface area contributed by atoms with Gasteiger partial charge in [0.1, 0.15) is 17.8 Å². The standard InChI is InChI=1S/C11H17NO3/c1-11(2,3)15-10(13)12-6-4-5-7(12)9-8(6)14-9/h6-9H,4-5H2,1-3H3/t6-,7+,8-,9+. The minimum atomic E-state index is -0.399. The minimum absolute atomic E-state index is 0.161. The smallest absolute Gasteiger partial charge is 0.410 e. The van der Waals surface area contributed by atoms with Crippen LogP contribution in [0.25, 0.3) is 0 Å². The van der Waals surface area contributed by atoms with Gasteiger partial charge in [-0.25, -0.2) is 4.79 Å². The molecule has 3 fully saturated rings. The summed E-state index contributed by atoms with van der Waals surface area (Å²) < 4.78 is 10.9. The van der Waals surface area contributed by atoms with Gasteiger partial charge in [0, 0.05) is 0 Å². The second-order valence-corrected chi connectivity index (χ2v) is 5.66. The molecular weight excluding hydrogens is 194 g/mol. The predicted molar refractivity (Wildman–Crippen MR) is 53.5 cm³/mol. The first-order chi connectivity index (χ1) is 6.97. The van der Waals surface area contributed by atoms with Crippen molar-refractivity contribution in [2.24, 2.45) is 0 Å². The van der Waals surface area contributed by atoms with Gasteiger partial charge in [0.05, 0.1) is 12.1 Å². The number of hydrogen-bond acceptors (Lipinski definition) is 3. The van der Waals surface area contributed by atoms with Crippen molar-refractivity contribution >= 4 is 6.09 Å². The quantitative estimate of drug-likeness (QED) is 0.571. The summed E-state index contributed by atoms with van der Waals surface area (Å²) in [6.45, 7) is 5.71. The van der Waals surface area contributed by atoms with Gasteiger partial charge in [-0.1, -0.05) is 0 Å². The van der Waals surface area contributed by atoms with Gasteiger partial charge in [0.15, 0.2) is 0 Å². The van der Waals surface area contributed by atoms with Crippen LogP contribution in [0.1, 0.15) is 33.6 Å². The fourth-order valence-electron chi connectivity index (χ4n) is 2.85. The molecular formula is C11H17NO3. The molecule has 3 aliphatic heterocycles. The largest absolute Gasteiger partial charge is 0.444 e. The van der Waals surface area contributed by atoms with E-state index in [1.54, 1.807) is 0 Å². The van der Waals surface area contributed by atoms with Crippen molar-refractivity contribution in [1.29, 1.82) is 0 Å². The Labute approximate surface area is 89.5 Å². The number of ether oxygens (including phenoxy) is 2. The number of carbonyl (C=O) groups is 1. The van der Waals surface area contributed by atoms with Crippen molar-refractivity contribution in [3.05, 3.63) is 0 Å². The number of amides is 1. The highest BCUT2D eigenvalue weighted by Gasteiger charge is 2.66. The van der Waals surface area contributed by atoms with E-state index in [0.717, 1.165) is 12.8 Å². The predicted octanol–water partition coefficient (Wildman–Crippen LogP) is 1.54. The molecule has 3 heterocycles. The van der Waals surface area contributed by atoms with Gasteiger partial charge < -0.3 is 9.47 Å². The first kappa shape index (κ1) is 9.46. The highest BCUT2D eigenvalue weighted by molar-refractivity contribution is 5.71. The lowest BCUT2D eigenvalue weighted by Gasteiger charge is -2.28. The molecule has 1 amide bonds. The maximum Gasteiger partial charge on any atom is 0.410 e. The molecule has 2 bridgehead atoms. The van der Waals surface area contributed by atoms with E-state index in [1.807, 2.05) is 25.7 Å². The maximum atomic E-state index is 11.9. The lowest BCUT2D eigenvalue weighted by molar-refractivity contribution is 0.0107. The molecule has 4 nitrogen and oxygen atoms in total. The van der Waals surface area contributed by atoms with E-state index in [-0.39, 0.29) is 18.2 Å². The summed E-state index contributed by atoms with van der Waals surface area (Å²) in [6, 6.07) is 0.574. The van der Waals surface area contributed by atoms with E-state index >= 15 is 0 Å². The van der Waals surface area contributed by atoms with Crippen molar-refractivity contribution < 1.29 is 14.3 Å². The molecule has 4 atom stereocenters. The fraction of sp³-hybridized carbons (Fsp3) is 0.909. The molecule has 15 heavy (non-hydrogen) atoms. The number of nitrogens with zero attached hydrogens (tertiary/aromatic N) is 1. The van der Waals surface area contributed by atoms with Gasteiger partial charge in [0.25, 0.3) is 0 Å². The number of hydrogen-bond donors (Lipinski definition) is 0. The minimum Gasteiger partial charge on any atom is -0.444 e. The van der Waals surface area contributed by atoms with E-state index in [9.17, 15) is 4.79 Å². The Morgan fingerprint density at radius 3 is 2.27 bits per heavy atom. The van der Waals surface area contributed by atoms with Crippen LogP contribution in [0.5, 0.6) is 0 Å². The summed E-state index contributed by atoms with van der Waals surface area (Å²) in [5.74, 6) is 0. The van der Waals surface area contributed by atoms with Crippen LogP contribution in [0.3, 0.4) is 0 Å². The van der Waals surface area contributed by atoms with Gasteiger partial charge in [-0.05, 0) is 33.6 Å². The van der Waals surface area contributed by atoms with E-state index in [4.69, 9.17) is 9.47 Å². The second-order valence-electron chi connectivity index (χ2n) is 5.66. The summed E-state index contributed by atoms with van der Waals surface area (Å²) in [5, 5.41) is 0. The topological polar surface area (TPSA) is 42.1 Å². The second kappa shape index (κ2) is 2.67. The Morgan fingerprint density at radius 1 is 1.27 bits per heavy atom. The molecule has 0 saturated carbocycles. The van der Waals surface area contributed by atoms with Crippen LogP contribution in [0, 0.1) is 0 Å². The first-order valence-corrected chi connectivity index (χ1v) is 5.64. The third kappa shape index (κ3) is 1.34. The highest BCUT2D eigenvalue weighted by Crippen LogP contribution is 2.50. The molecule has 0 aromatic carbocycles. The summed E-state index contributed by atoms with van der Waals surface area (Å²) in [4.78, 5) is 13.8. The molecule has 3 rings (SSSR count). The summed E-state index contributed by atoms with van der Waals surface area (Å²) in [6.07, 6.45) is 2.62. The molecule has 0 unspecified atom stereocenters. The molecule has 0 aromatic heterocycles. The van der Waals surface area contributed by atoms with Crippen LogP contribution in [0.2, 0.25) is 0 Å². The van der Waals surface area contributed by atoms with Crippen LogP contribution in [-0.2, 0) is 9.47 Å². The number of carbonyl (C=O) groups excluding carboxylic acids is 1. The van der Waals surface area contributed by atoms with Crippen molar-refractivity contribution in [3.63, 3.8) is 0 Å². The SMILES string of the molecule is CC(C)(C)OC(=O)N1[C@@H]2CC[C@H]1[C@@H]1O[C@@H]12. The van der Waals surface area contributed by atoms with Gasteiger partial charge in [-0.2, -0.15) is 0 Å². The van der Waals surface area contributed by atoms with Crippen LogP contribution in [0.4, 0.5) is 4.79 Å². The van der Waals surface area contributed by atoms with E-state index in [1.165, 1.54) is 0 Å². The van der Waals surface area contributed by atoms with Gasteiger partial charge in [0.2, 0.25) is 0 Å². The summed E-state index contributed by atoms with van der Waals surface area (Å²) in [7, 11) is 0. The zero-order valence-electron chi connectivity index (χ0n) is 9.40. The molecule has 4 heteroatoms. The normalized spacial score (nSPS) is 41.7. The monoisotopic (exact) mass is 211 g/mol. The zero-order valence-corrected chi connectivity index (χ0v) is 9.40. The van der Waals surface area contributed by atoms with Crippen LogP contribution < -0.4 is 0 Å². The van der Waals surface area contributed by atoms with E-state index < -0.39 is 5.60 Å². The number of rotatable bonds is 0. The van der Waals surface area contributed by atoms with Crippen molar-refractivity contribution in [2.75, 3.05) is 0 Å². The van der Waals surface area contributed by atoms with Gasteiger partial charge in [-0.15, -0.1) is 0 Å². The molecule has 0 aliphatic carbocycles. The van der Waals surface area contributed by atoms with Crippen LogP contribution in [-0.4, -0.2) is 40.9 Å². The molecule has 3 saturated heterocycles. The van der Waals surface area contributed by atoms with Crippen molar-refractivity contribution in [1.82, 2.24) is 4.90 Å². The number of fused-ring (bicyclic) bond motifs is 5. The fourth-order valence-corrected chi connectivity index (χ4v) is 2.85. The number of epoxide rings is 1. The van der Waals surface area contributed by atoms with Crippen LogP contribution >= 0.6 is 0 Å². The van der Waals surface area contributed by atoms with Gasteiger partial charge in [-0.3, -0.25) is 4.90 Å². The Hall–Kier alpha value is -0.770. The Balaban J connectivity index is 1.71. The summed E-state index contributed by atoms with van der Waals surface area (Å²) in [5.41, 5.74) is -0.399. The first-order valence-electron chi connectivity index (χ1n) is 5.64. The van der Waals surface area contributed by atoms with Gasteiger partial charge >= 0.3 is 6.09 Å². The Bertz CT molecular complexity index is 293. The lowest BCUT2D eigenvalue weighted by Crippen LogP contribution is -2.42.